The van der Waals surface area contributed by atoms with E-state index >= 15 is 0 Å². The monoisotopic (exact) mass is 482 g/mol. The second kappa shape index (κ2) is 9.41. The number of hydrogen-bond donors (Lipinski definition) is 2. The van der Waals surface area contributed by atoms with Crippen LogP contribution in [0.2, 0.25) is 5.02 Å². The number of aliphatic hydroxyl groups excluding tert-OH is 1. The fraction of sp³-hybridized carbons (Fsp3) is 0.400. The summed E-state index contributed by atoms with van der Waals surface area (Å²) in [5, 5.41) is 14.1. The van der Waals surface area contributed by atoms with Gasteiger partial charge in [0.25, 0.3) is 0 Å². The van der Waals surface area contributed by atoms with E-state index in [9.17, 15) is 9.90 Å². The number of benzene rings is 2. The lowest BCUT2D eigenvalue weighted by Gasteiger charge is -2.27. The number of aliphatic hydroxyl groups is 1. The number of rotatable bonds is 7. The number of imidazole rings is 1. The zero-order valence-electron chi connectivity index (χ0n) is 18.6. The lowest BCUT2D eigenvalue weighted by Crippen LogP contribution is -2.18. The lowest BCUT2D eigenvalue weighted by atomic mass is 9.80. The molecule has 8 heteroatoms. The number of nitrogens with zero attached hydrogens (tertiary/aromatic N) is 3. The van der Waals surface area contributed by atoms with Gasteiger partial charge in [-0.1, -0.05) is 35.8 Å². The fourth-order valence-corrected chi connectivity index (χ4v) is 5.85. The predicted molar refractivity (Wildman–Crippen MR) is 135 cm³/mol. The summed E-state index contributed by atoms with van der Waals surface area (Å²) in [6.45, 7) is 0.292. The van der Waals surface area contributed by atoms with E-state index < -0.39 is 0 Å². The Morgan fingerprint density at radius 3 is 2.70 bits per heavy atom. The van der Waals surface area contributed by atoms with Gasteiger partial charge in [0.2, 0.25) is 5.95 Å². The van der Waals surface area contributed by atoms with Crippen LogP contribution in [0.4, 0.5) is 11.1 Å². The average molecular weight is 483 g/mol. The largest absolute Gasteiger partial charge is 0.396 e. The Morgan fingerprint density at radius 2 is 1.91 bits per heavy atom. The quantitative estimate of drug-likeness (QED) is 0.300. The molecule has 2 aromatic carbocycles. The fourth-order valence-electron chi connectivity index (χ4n) is 4.71. The molecule has 0 spiro atoms. The first-order chi connectivity index (χ1) is 16.0. The smallest absolute Gasteiger partial charge is 0.209 e. The predicted octanol–water partition coefficient (Wildman–Crippen LogP) is 6.34. The summed E-state index contributed by atoms with van der Waals surface area (Å²) in [4.78, 5) is 22.2. The number of carbonyl (C=O) groups excluding carboxylic acids is 1. The summed E-state index contributed by atoms with van der Waals surface area (Å²) < 4.78 is 2.99. The van der Waals surface area contributed by atoms with Gasteiger partial charge in [0.05, 0.1) is 21.3 Å². The highest BCUT2D eigenvalue weighted by Gasteiger charge is 2.21. The molecule has 1 saturated carbocycles. The van der Waals surface area contributed by atoms with Gasteiger partial charge >= 0.3 is 0 Å². The van der Waals surface area contributed by atoms with Crippen molar-refractivity contribution in [3.63, 3.8) is 0 Å². The van der Waals surface area contributed by atoms with Crippen molar-refractivity contribution in [2.75, 3.05) is 11.9 Å². The van der Waals surface area contributed by atoms with Crippen LogP contribution in [-0.4, -0.2) is 32.0 Å². The van der Waals surface area contributed by atoms with Gasteiger partial charge in [-0.15, -0.1) is 0 Å². The van der Waals surface area contributed by atoms with Crippen molar-refractivity contribution in [1.82, 2.24) is 14.5 Å². The Labute approximate surface area is 201 Å². The molecule has 0 aliphatic heterocycles. The molecule has 6 nitrogen and oxygen atoms in total. The molecule has 0 bridgehead atoms. The Balaban J connectivity index is 1.28. The maximum atomic E-state index is 12.9. The van der Waals surface area contributed by atoms with Crippen LogP contribution in [0.25, 0.3) is 21.3 Å². The van der Waals surface area contributed by atoms with Crippen molar-refractivity contribution in [3.8, 4) is 0 Å². The topological polar surface area (TPSA) is 80.0 Å². The standard InChI is InChI=1S/C25H27ClN4O2S/c1-30-21-10-7-17(22(32)11-6-15-2-4-16(14-31)5-3-15)12-20(21)27-24(30)29-25-28-19-9-8-18(26)13-23(19)33-25/h7-10,12-13,15-16,31H,2-6,11,14H2,1H3,(H,27,28,29). The van der Waals surface area contributed by atoms with E-state index in [4.69, 9.17) is 16.6 Å². The number of ketones is 1. The van der Waals surface area contributed by atoms with Crippen molar-refractivity contribution >= 4 is 61.1 Å². The first-order valence-electron chi connectivity index (χ1n) is 11.4. The molecule has 4 aromatic rings. The molecule has 2 heterocycles. The number of Topliss-reactive ketones (excluding diaryl/α,β-unsaturated/α-hetero) is 1. The van der Waals surface area contributed by atoms with E-state index in [1.54, 1.807) is 0 Å². The Kier molecular flexibility index (Phi) is 6.36. The highest BCUT2D eigenvalue weighted by molar-refractivity contribution is 7.22. The van der Waals surface area contributed by atoms with E-state index in [1.807, 2.05) is 48.0 Å². The molecule has 0 unspecified atom stereocenters. The third kappa shape index (κ3) is 4.76. The minimum atomic E-state index is 0.171. The Morgan fingerprint density at radius 1 is 1.12 bits per heavy atom. The SMILES string of the molecule is Cn1c(Nc2nc3ccc(Cl)cc3s2)nc2cc(C(=O)CCC3CCC(CO)CC3)ccc21. The van der Waals surface area contributed by atoms with Gasteiger partial charge < -0.3 is 15.0 Å². The molecular weight excluding hydrogens is 456 g/mol. The maximum absolute atomic E-state index is 12.9. The van der Waals surface area contributed by atoms with Crippen LogP contribution >= 0.6 is 22.9 Å². The van der Waals surface area contributed by atoms with Crippen molar-refractivity contribution in [3.05, 3.63) is 47.0 Å². The third-order valence-electron chi connectivity index (χ3n) is 6.78. The molecular formula is C25H27ClN4O2S. The number of thiazole rings is 1. The Bertz CT molecular complexity index is 1310. The zero-order valence-corrected chi connectivity index (χ0v) is 20.1. The van der Waals surface area contributed by atoms with Gasteiger partial charge in [0.1, 0.15) is 0 Å². The lowest BCUT2D eigenvalue weighted by molar-refractivity contribution is 0.0963. The molecule has 0 atom stereocenters. The Hall–Kier alpha value is -2.48. The van der Waals surface area contributed by atoms with E-state index in [-0.39, 0.29) is 5.78 Å². The summed E-state index contributed by atoms with van der Waals surface area (Å²) in [5.41, 5.74) is 3.35. The van der Waals surface area contributed by atoms with Crippen LogP contribution in [0.5, 0.6) is 0 Å². The molecule has 0 saturated heterocycles. The average Bonchev–Trinajstić information content (AvgIpc) is 3.37. The number of halogens is 1. The first kappa shape index (κ1) is 22.3. The van der Waals surface area contributed by atoms with Gasteiger partial charge in [-0.3, -0.25) is 4.79 Å². The number of fused-ring (bicyclic) bond motifs is 2. The normalized spacial score (nSPS) is 18.8. The number of carbonyl (C=O) groups is 1. The molecule has 172 valence electrons. The molecule has 1 aliphatic carbocycles. The highest BCUT2D eigenvalue weighted by Crippen LogP contribution is 2.33. The van der Waals surface area contributed by atoms with Crippen molar-refractivity contribution in [2.24, 2.45) is 18.9 Å². The van der Waals surface area contributed by atoms with Crippen LogP contribution in [-0.2, 0) is 7.05 Å². The minimum Gasteiger partial charge on any atom is -0.396 e. The number of anilines is 2. The minimum absolute atomic E-state index is 0.171. The van der Waals surface area contributed by atoms with Gasteiger partial charge in [-0.05, 0) is 67.5 Å². The number of aryl methyl sites for hydroxylation is 1. The number of aromatic nitrogens is 3. The van der Waals surface area contributed by atoms with Gasteiger partial charge in [-0.25, -0.2) is 9.97 Å². The van der Waals surface area contributed by atoms with E-state index in [0.29, 0.717) is 41.4 Å². The molecule has 0 radical (unpaired) electrons. The maximum Gasteiger partial charge on any atom is 0.209 e. The van der Waals surface area contributed by atoms with Crippen LogP contribution in [0.15, 0.2) is 36.4 Å². The summed E-state index contributed by atoms with van der Waals surface area (Å²) in [6.07, 6.45) is 5.87. The second-order valence-corrected chi connectivity index (χ2v) is 10.5. The first-order valence-corrected chi connectivity index (χ1v) is 12.6. The van der Waals surface area contributed by atoms with Crippen LogP contribution in [0.1, 0.15) is 48.9 Å². The summed E-state index contributed by atoms with van der Waals surface area (Å²) >= 11 is 7.62. The molecule has 1 fully saturated rings. The molecule has 1 aliphatic rings. The molecule has 2 N–H and O–H groups in total. The van der Waals surface area contributed by atoms with Gasteiger partial charge in [0.15, 0.2) is 10.9 Å². The van der Waals surface area contributed by atoms with E-state index in [2.05, 4.69) is 10.3 Å². The van der Waals surface area contributed by atoms with Gasteiger partial charge in [0, 0.05) is 30.7 Å². The van der Waals surface area contributed by atoms with Crippen LogP contribution in [0, 0.1) is 11.8 Å². The van der Waals surface area contributed by atoms with Crippen molar-refractivity contribution < 1.29 is 9.90 Å². The summed E-state index contributed by atoms with van der Waals surface area (Å²) in [5.74, 6) is 1.89. The van der Waals surface area contributed by atoms with Crippen LogP contribution < -0.4 is 5.32 Å². The summed E-state index contributed by atoms with van der Waals surface area (Å²) in [7, 11) is 1.95. The van der Waals surface area contributed by atoms with Crippen LogP contribution in [0.3, 0.4) is 0 Å². The molecule has 0 amide bonds. The van der Waals surface area contributed by atoms with E-state index in [1.165, 1.54) is 11.3 Å². The molecule has 2 aromatic heterocycles. The molecule has 33 heavy (non-hydrogen) atoms. The van der Waals surface area contributed by atoms with Crippen molar-refractivity contribution in [2.45, 2.75) is 38.5 Å². The second-order valence-electron chi connectivity index (χ2n) is 8.99. The third-order valence-corrected chi connectivity index (χ3v) is 7.94. The molecule has 5 rings (SSSR count). The zero-order chi connectivity index (χ0) is 22.9. The highest BCUT2D eigenvalue weighted by atomic mass is 35.5. The van der Waals surface area contributed by atoms with E-state index in [0.717, 1.165) is 58.5 Å². The number of hydrogen-bond acceptors (Lipinski definition) is 6. The van der Waals surface area contributed by atoms with Crippen molar-refractivity contribution in [1.29, 1.82) is 0 Å². The number of nitrogens with one attached hydrogen (secondary N) is 1. The van der Waals surface area contributed by atoms with Gasteiger partial charge in [-0.2, -0.15) is 0 Å². The summed E-state index contributed by atoms with van der Waals surface area (Å²) in [6, 6.07) is 11.4.